The Morgan fingerprint density at radius 2 is 1.66 bits per heavy atom. The van der Waals surface area contributed by atoms with E-state index in [0.29, 0.717) is 33.4 Å². The van der Waals surface area contributed by atoms with Crippen molar-refractivity contribution in [1.29, 1.82) is 0 Å². The summed E-state index contributed by atoms with van der Waals surface area (Å²) >= 11 is 12.2. The van der Waals surface area contributed by atoms with Crippen molar-refractivity contribution in [1.82, 2.24) is 9.80 Å². The molecule has 1 amide bonds. The van der Waals surface area contributed by atoms with Gasteiger partial charge in [0.05, 0.1) is 10.0 Å². The monoisotopic (exact) mass is 474 g/mol. The largest absolute Gasteiger partial charge is 0.338 e. The van der Waals surface area contributed by atoms with Crippen LogP contribution in [0.15, 0.2) is 42.5 Å². The summed E-state index contributed by atoms with van der Waals surface area (Å²) in [4.78, 5) is 17.7. The summed E-state index contributed by atoms with van der Waals surface area (Å²) < 4.78 is 13.2. The first-order valence-corrected chi connectivity index (χ1v) is 12.5. The number of hydrogen-bond acceptors (Lipinski definition) is 2. The van der Waals surface area contributed by atoms with Gasteiger partial charge in [-0.2, -0.15) is 0 Å². The van der Waals surface area contributed by atoms with Crippen LogP contribution in [-0.2, 0) is 0 Å². The summed E-state index contributed by atoms with van der Waals surface area (Å²) in [6, 6.07) is 12.2. The van der Waals surface area contributed by atoms with Gasteiger partial charge >= 0.3 is 0 Å². The van der Waals surface area contributed by atoms with Crippen molar-refractivity contribution >= 4 is 29.1 Å². The third kappa shape index (κ3) is 4.83. The van der Waals surface area contributed by atoms with Gasteiger partial charge in [0.1, 0.15) is 5.82 Å². The van der Waals surface area contributed by atoms with Crippen molar-refractivity contribution in [3.63, 3.8) is 0 Å². The highest BCUT2D eigenvalue weighted by atomic mass is 35.5. The lowest BCUT2D eigenvalue weighted by Crippen LogP contribution is -2.39. The van der Waals surface area contributed by atoms with E-state index in [-0.39, 0.29) is 11.7 Å². The van der Waals surface area contributed by atoms with Crippen molar-refractivity contribution in [3.05, 3.63) is 69.5 Å². The Morgan fingerprint density at radius 1 is 0.938 bits per heavy atom. The van der Waals surface area contributed by atoms with E-state index in [2.05, 4.69) is 4.90 Å². The summed E-state index contributed by atoms with van der Waals surface area (Å²) in [7, 11) is 0. The van der Waals surface area contributed by atoms with Gasteiger partial charge in [0.2, 0.25) is 0 Å². The molecule has 2 aliphatic heterocycles. The smallest absolute Gasteiger partial charge is 0.253 e. The van der Waals surface area contributed by atoms with Gasteiger partial charge in [-0.25, -0.2) is 4.39 Å². The molecule has 170 valence electrons. The van der Waals surface area contributed by atoms with Crippen molar-refractivity contribution in [2.45, 2.75) is 31.6 Å². The van der Waals surface area contributed by atoms with Crippen LogP contribution in [0, 0.1) is 23.6 Å². The molecule has 2 unspecified atom stereocenters. The molecule has 32 heavy (non-hydrogen) atoms. The first-order chi connectivity index (χ1) is 15.5. The fourth-order valence-electron chi connectivity index (χ4n) is 5.64. The maximum Gasteiger partial charge on any atom is 0.253 e. The number of rotatable bonds is 5. The number of carbonyl (C=O) groups excluding carboxylic acids is 1. The molecule has 2 saturated heterocycles. The molecule has 1 saturated carbocycles. The predicted molar refractivity (Wildman–Crippen MR) is 127 cm³/mol. The summed E-state index contributed by atoms with van der Waals surface area (Å²) in [6.07, 6.45) is 4.81. The third-order valence-corrected chi connectivity index (χ3v) is 8.33. The van der Waals surface area contributed by atoms with Crippen LogP contribution in [0.5, 0.6) is 0 Å². The zero-order valence-electron chi connectivity index (χ0n) is 18.2. The lowest BCUT2D eigenvalue weighted by Gasteiger charge is -2.34. The van der Waals surface area contributed by atoms with Crippen LogP contribution >= 0.6 is 23.2 Å². The number of nitrogens with zero attached hydrogens (tertiary/aromatic N) is 2. The maximum absolute atomic E-state index is 13.2. The topological polar surface area (TPSA) is 23.6 Å². The zero-order chi connectivity index (χ0) is 22.2. The van der Waals surface area contributed by atoms with E-state index in [1.165, 1.54) is 18.4 Å². The molecule has 0 bridgehead atoms. The molecule has 0 aromatic heterocycles. The number of likely N-dealkylation sites (tertiary alicyclic amines) is 2. The summed E-state index contributed by atoms with van der Waals surface area (Å²) in [6.45, 7) is 4.86. The predicted octanol–water partition coefficient (Wildman–Crippen LogP) is 6.11. The number of amides is 1. The van der Waals surface area contributed by atoms with Gasteiger partial charge in [-0.1, -0.05) is 35.3 Å². The molecule has 5 rings (SSSR count). The number of hydrogen-bond donors (Lipinski definition) is 0. The molecule has 0 radical (unpaired) electrons. The lowest BCUT2D eigenvalue weighted by atomic mass is 9.87. The standard InChI is InChI=1S/C26H29Cl2FN2O/c27-24-8-5-20(13-25(24)28)26(32)31-15-21(23(16-31)19-1-2-19)14-30-11-9-18(10-12-30)17-3-6-22(29)7-4-17/h3-8,13,18-19,21,23H,1-2,9-12,14-16H2. The summed E-state index contributed by atoms with van der Waals surface area (Å²) in [5.74, 6) is 2.30. The average molecular weight is 475 g/mol. The van der Waals surface area contributed by atoms with Gasteiger partial charge in [0.15, 0.2) is 0 Å². The Hall–Kier alpha value is -1.62. The molecule has 3 aliphatic rings. The highest BCUT2D eigenvalue weighted by Gasteiger charge is 2.44. The van der Waals surface area contributed by atoms with Gasteiger partial charge in [-0.05, 0) is 98.3 Å². The van der Waals surface area contributed by atoms with Gasteiger partial charge in [-0.15, -0.1) is 0 Å². The Labute approximate surface area is 199 Å². The van der Waals surface area contributed by atoms with Crippen LogP contribution in [-0.4, -0.2) is 48.4 Å². The van der Waals surface area contributed by atoms with Crippen LogP contribution in [0.25, 0.3) is 0 Å². The maximum atomic E-state index is 13.2. The minimum Gasteiger partial charge on any atom is -0.338 e. The second-order valence-electron chi connectivity index (χ2n) is 9.73. The van der Waals surface area contributed by atoms with Crippen LogP contribution in [0.1, 0.15) is 47.5 Å². The van der Waals surface area contributed by atoms with Crippen molar-refractivity contribution in [2.75, 3.05) is 32.7 Å². The van der Waals surface area contributed by atoms with Crippen molar-refractivity contribution in [3.8, 4) is 0 Å². The highest BCUT2D eigenvalue weighted by molar-refractivity contribution is 6.42. The third-order valence-electron chi connectivity index (χ3n) is 7.59. The van der Waals surface area contributed by atoms with E-state index in [0.717, 1.165) is 51.5 Å². The Bertz CT molecular complexity index is 970. The van der Waals surface area contributed by atoms with E-state index in [1.807, 2.05) is 17.0 Å². The molecule has 2 atom stereocenters. The van der Waals surface area contributed by atoms with E-state index in [1.54, 1.807) is 30.3 Å². The molecule has 0 spiro atoms. The van der Waals surface area contributed by atoms with E-state index in [9.17, 15) is 9.18 Å². The number of benzene rings is 2. The summed E-state index contributed by atoms with van der Waals surface area (Å²) in [5, 5.41) is 0.901. The van der Waals surface area contributed by atoms with Gasteiger partial charge in [0, 0.05) is 25.2 Å². The van der Waals surface area contributed by atoms with Gasteiger partial charge in [-0.3, -0.25) is 4.79 Å². The minimum absolute atomic E-state index is 0.0618. The number of carbonyl (C=O) groups is 1. The molecule has 2 aromatic carbocycles. The fourth-order valence-corrected chi connectivity index (χ4v) is 5.94. The van der Waals surface area contributed by atoms with Crippen LogP contribution < -0.4 is 0 Å². The van der Waals surface area contributed by atoms with Crippen molar-refractivity contribution < 1.29 is 9.18 Å². The second-order valence-corrected chi connectivity index (χ2v) is 10.5. The SMILES string of the molecule is O=C(c1ccc(Cl)c(Cl)c1)N1CC(CN2CCC(c3ccc(F)cc3)CC2)C(C2CC2)C1. The molecule has 1 aliphatic carbocycles. The second kappa shape index (κ2) is 9.32. The molecule has 3 fully saturated rings. The minimum atomic E-state index is -0.168. The average Bonchev–Trinajstić information content (AvgIpc) is 3.56. The quantitative estimate of drug-likeness (QED) is 0.521. The van der Waals surface area contributed by atoms with Gasteiger partial charge < -0.3 is 9.80 Å². The molecule has 2 heterocycles. The molecular formula is C26H29Cl2FN2O. The van der Waals surface area contributed by atoms with Crippen LogP contribution in [0.4, 0.5) is 4.39 Å². The first kappa shape index (κ1) is 22.2. The van der Waals surface area contributed by atoms with Gasteiger partial charge in [0.25, 0.3) is 5.91 Å². The Balaban J connectivity index is 1.20. The van der Waals surface area contributed by atoms with Crippen LogP contribution in [0.2, 0.25) is 10.0 Å². The lowest BCUT2D eigenvalue weighted by molar-refractivity contribution is 0.0780. The Morgan fingerprint density at radius 3 is 2.31 bits per heavy atom. The first-order valence-electron chi connectivity index (χ1n) is 11.7. The zero-order valence-corrected chi connectivity index (χ0v) is 19.7. The van der Waals surface area contributed by atoms with Crippen molar-refractivity contribution in [2.24, 2.45) is 17.8 Å². The normalized spacial score (nSPS) is 24.8. The van der Waals surface area contributed by atoms with E-state index < -0.39 is 0 Å². The fraction of sp³-hybridized carbons (Fsp3) is 0.500. The molecule has 3 nitrogen and oxygen atoms in total. The van der Waals surface area contributed by atoms with Crippen LogP contribution in [0.3, 0.4) is 0 Å². The highest BCUT2D eigenvalue weighted by Crippen LogP contribution is 2.45. The number of halogens is 3. The molecule has 6 heteroatoms. The number of piperidine rings is 1. The molecular weight excluding hydrogens is 446 g/mol. The molecule has 0 N–H and O–H groups in total. The summed E-state index contributed by atoms with van der Waals surface area (Å²) in [5.41, 5.74) is 1.87. The Kier molecular flexibility index (Phi) is 6.46. The van der Waals surface area contributed by atoms with E-state index >= 15 is 0 Å². The van der Waals surface area contributed by atoms with E-state index in [4.69, 9.17) is 23.2 Å². The molecule has 2 aromatic rings.